The largest absolute Gasteiger partial charge is 0.294 e. The maximum absolute atomic E-state index is 12.7. The molecule has 0 amide bonds. The molecule has 29 heavy (non-hydrogen) atoms. The molecule has 1 aromatic heterocycles. The highest BCUT2D eigenvalue weighted by Gasteiger charge is 2.27. The van der Waals surface area contributed by atoms with Gasteiger partial charge in [0.15, 0.2) is 0 Å². The molecule has 0 spiro atoms. The van der Waals surface area contributed by atoms with Crippen molar-refractivity contribution in [3.05, 3.63) is 75.6 Å². The molecule has 1 saturated heterocycles. The molecule has 0 aliphatic carbocycles. The Morgan fingerprint density at radius 1 is 0.966 bits per heavy atom. The zero-order valence-corrected chi connectivity index (χ0v) is 18.3. The van der Waals surface area contributed by atoms with Gasteiger partial charge in [0.2, 0.25) is 10.0 Å². The maximum Gasteiger partial charge on any atom is 0.218 e. The third-order valence-corrected chi connectivity index (χ3v) is 7.90. The topological polar surface area (TPSA) is 53.5 Å². The fraction of sp³-hybridized carbons (Fsp3) is 0.286. The van der Waals surface area contributed by atoms with E-state index in [9.17, 15) is 8.42 Å². The monoisotopic (exact) mass is 447 g/mol. The number of nitrogens with zero attached hydrogens (tertiary/aromatic N) is 3. The third-order valence-electron chi connectivity index (χ3n) is 4.97. The molecule has 5 nitrogen and oxygen atoms in total. The first-order valence-electron chi connectivity index (χ1n) is 9.44. The second-order valence-corrected chi connectivity index (χ2v) is 10.4. The van der Waals surface area contributed by atoms with Crippen molar-refractivity contribution in [2.24, 2.45) is 0 Å². The average Bonchev–Trinajstić information content (AvgIpc) is 3.18. The lowest BCUT2D eigenvalue weighted by Crippen LogP contribution is -2.48. The van der Waals surface area contributed by atoms with Gasteiger partial charge in [-0.15, -0.1) is 11.3 Å². The van der Waals surface area contributed by atoms with E-state index in [1.54, 1.807) is 15.6 Å². The number of sulfonamides is 1. The van der Waals surface area contributed by atoms with Crippen LogP contribution in [-0.2, 0) is 22.3 Å². The van der Waals surface area contributed by atoms with E-state index in [0.717, 1.165) is 28.4 Å². The van der Waals surface area contributed by atoms with Gasteiger partial charge < -0.3 is 0 Å². The molecule has 2 heterocycles. The van der Waals surface area contributed by atoms with Crippen LogP contribution in [0.15, 0.2) is 60.0 Å². The molecule has 1 fully saturated rings. The minimum Gasteiger partial charge on any atom is -0.294 e. The van der Waals surface area contributed by atoms with Gasteiger partial charge in [0.05, 0.1) is 18.0 Å². The highest BCUT2D eigenvalue weighted by atomic mass is 35.5. The van der Waals surface area contributed by atoms with Crippen LogP contribution < -0.4 is 0 Å². The highest BCUT2D eigenvalue weighted by Crippen LogP contribution is 2.24. The van der Waals surface area contributed by atoms with Crippen molar-refractivity contribution in [3.8, 4) is 11.3 Å². The van der Waals surface area contributed by atoms with Crippen molar-refractivity contribution in [2.45, 2.75) is 12.3 Å². The smallest absolute Gasteiger partial charge is 0.218 e. The Labute approximate surface area is 180 Å². The van der Waals surface area contributed by atoms with E-state index in [2.05, 4.69) is 10.3 Å². The van der Waals surface area contributed by atoms with Crippen LogP contribution in [0.1, 0.15) is 10.6 Å². The summed E-state index contributed by atoms with van der Waals surface area (Å²) in [6.07, 6.45) is 0. The van der Waals surface area contributed by atoms with Crippen LogP contribution in [0.5, 0.6) is 0 Å². The normalized spacial score (nSPS) is 16.2. The fourth-order valence-electron chi connectivity index (χ4n) is 3.37. The molecule has 0 bridgehead atoms. The summed E-state index contributed by atoms with van der Waals surface area (Å²) in [4.78, 5) is 6.99. The Morgan fingerprint density at radius 2 is 1.66 bits per heavy atom. The van der Waals surface area contributed by atoms with E-state index < -0.39 is 10.0 Å². The molecule has 3 aromatic rings. The molecule has 0 saturated carbocycles. The Balaban J connectivity index is 1.33. The summed E-state index contributed by atoms with van der Waals surface area (Å²) in [7, 11) is -3.29. The van der Waals surface area contributed by atoms with Crippen molar-refractivity contribution in [3.63, 3.8) is 0 Å². The zero-order valence-electron chi connectivity index (χ0n) is 15.9. The Bertz CT molecular complexity index is 1050. The SMILES string of the molecule is O=S(=O)(Cc1ccccc1)N1CCN(Cc2nc(-c3ccc(Cl)cc3)cs2)CC1. The summed E-state index contributed by atoms with van der Waals surface area (Å²) in [5.74, 6) is 0.0603. The van der Waals surface area contributed by atoms with Gasteiger partial charge in [0.1, 0.15) is 5.01 Å². The zero-order chi connectivity index (χ0) is 20.3. The minimum atomic E-state index is -3.29. The van der Waals surface area contributed by atoms with Crippen molar-refractivity contribution >= 4 is 33.0 Å². The molecule has 152 valence electrons. The van der Waals surface area contributed by atoms with Gasteiger partial charge in [-0.25, -0.2) is 13.4 Å². The van der Waals surface area contributed by atoms with Crippen LogP contribution in [0.3, 0.4) is 0 Å². The molecule has 0 unspecified atom stereocenters. The Kier molecular flexibility index (Phi) is 6.32. The van der Waals surface area contributed by atoms with Crippen LogP contribution in [0.2, 0.25) is 5.02 Å². The molecule has 4 rings (SSSR count). The molecule has 2 aromatic carbocycles. The molecule has 1 aliphatic rings. The van der Waals surface area contributed by atoms with Gasteiger partial charge in [-0.1, -0.05) is 54.1 Å². The molecule has 1 aliphatic heterocycles. The van der Waals surface area contributed by atoms with Crippen LogP contribution in [-0.4, -0.2) is 48.8 Å². The number of hydrogen-bond donors (Lipinski definition) is 0. The van der Waals surface area contributed by atoms with E-state index in [1.165, 1.54) is 0 Å². The van der Waals surface area contributed by atoms with Crippen LogP contribution in [0, 0.1) is 0 Å². The number of thiazole rings is 1. The van der Waals surface area contributed by atoms with E-state index in [-0.39, 0.29) is 5.75 Å². The number of benzene rings is 2. The van der Waals surface area contributed by atoms with Crippen molar-refractivity contribution in [2.75, 3.05) is 26.2 Å². The number of piperazine rings is 1. The van der Waals surface area contributed by atoms with Crippen LogP contribution >= 0.6 is 22.9 Å². The van der Waals surface area contributed by atoms with E-state index in [4.69, 9.17) is 16.6 Å². The van der Waals surface area contributed by atoms with Crippen LogP contribution in [0.25, 0.3) is 11.3 Å². The highest BCUT2D eigenvalue weighted by molar-refractivity contribution is 7.88. The van der Waals surface area contributed by atoms with Gasteiger partial charge in [-0.3, -0.25) is 4.90 Å². The average molecular weight is 448 g/mol. The second kappa shape index (κ2) is 8.93. The molecule has 0 N–H and O–H groups in total. The van der Waals surface area contributed by atoms with Crippen molar-refractivity contribution in [1.29, 1.82) is 0 Å². The van der Waals surface area contributed by atoms with Gasteiger partial charge in [-0.2, -0.15) is 4.31 Å². The molecule has 0 radical (unpaired) electrons. The van der Waals surface area contributed by atoms with E-state index in [1.807, 2.05) is 54.6 Å². The summed E-state index contributed by atoms with van der Waals surface area (Å²) in [5, 5.41) is 3.80. The summed E-state index contributed by atoms with van der Waals surface area (Å²) in [6.45, 7) is 3.20. The van der Waals surface area contributed by atoms with Gasteiger partial charge in [0.25, 0.3) is 0 Å². The van der Waals surface area contributed by atoms with Crippen molar-refractivity contribution < 1.29 is 8.42 Å². The van der Waals surface area contributed by atoms with Gasteiger partial charge in [-0.05, 0) is 17.7 Å². The number of aromatic nitrogens is 1. The first kappa shape index (κ1) is 20.5. The number of rotatable bonds is 6. The summed E-state index contributed by atoms with van der Waals surface area (Å²) < 4.78 is 27.0. The summed E-state index contributed by atoms with van der Waals surface area (Å²) >= 11 is 7.58. The lowest BCUT2D eigenvalue weighted by atomic mass is 10.2. The van der Waals surface area contributed by atoms with Gasteiger partial charge in [0, 0.05) is 42.1 Å². The van der Waals surface area contributed by atoms with E-state index >= 15 is 0 Å². The first-order chi connectivity index (χ1) is 14.0. The number of hydrogen-bond acceptors (Lipinski definition) is 5. The summed E-state index contributed by atoms with van der Waals surface area (Å²) in [5.41, 5.74) is 2.83. The standard InChI is InChI=1S/C21H22ClN3O2S2/c22-19-8-6-18(7-9-19)20-15-28-21(23-20)14-24-10-12-25(13-11-24)29(26,27)16-17-4-2-1-3-5-17/h1-9,15H,10-14,16H2. The molecule has 0 atom stereocenters. The predicted molar refractivity (Wildman–Crippen MR) is 118 cm³/mol. The minimum absolute atomic E-state index is 0.0603. The van der Waals surface area contributed by atoms with E-state index in [0.29, 0.717) is 31.2 Å². The molecule has 8 heteroatoms. The van der Waals surface area contributed by atoms with Crippen LogP contribution in [0.4, 0.5) is 0 Å². The molecular weight excluding hydrogens is 426 g/mol. The Hall–Kier alpha value is -1.77. The fourth-order valence-corrected chi connectivity index (χ4v) is 5.86. The lowest BCUT2D eigenvalue weighted by molar-refractivity contribution is 0.181. The van der Waals surface area contributed by atoms with Gasteiger partial charge >= 0.3 is 0 Å². The maximum atomic E-state index is 12.7. The Morgan fingerprint density at radius 3 is 2.34 bits per heavy atom. The molecular formula is C21H22ClN3O2S2. The first-order valence-corrected chi connectivity index (χ1v) is 12.3. The quantitative estimate of drug-likeness (QED) is 0.570. The summed E-state index contributed by atoms with van der Waals surface area (Å²) in [6, 6.07) is 17.0. The lowest BCUT2D eigenvalue weighted by Gasteiger charge is -2.33. The third kappa shape index (κ3) is 5.24. The number of halogens is 1. The second-order valence-electron chi connectivity index (χ2n) is 7.05. The van der Waals surface area contributed by atoms with Crippen molar-refractivity contribution in [1.82, 2.24) is 14.2 Å². The predicted octanol–water partition coefficient (Wildman–Crippen LogP) is 4.11.